The van der Waals surface area contributed by atoms with Gasteiger partial charge in [-0.3, -0.25) is 19.9 Å². The summed E-state index contributed by atoms with van der Waals surface area (Å²) < 4.78 is 44.7. The zero-order valence-electron chi connectivity index (χ0n) is 20.8. The average molecular weight is 519 g/mol. The van der Waals surface area contributed by atoms with Crippen LogP contribution in [0.25, 0.3) is 22.0 Å². The number of pyridine rings is 1. The number of nitrogens with one attached hydrogen (secondary N) is 2. The third-order valence-electron chi connectivity index (χ3n) is 6.93. The van der Waals surface area contributed by atoms with E-state index >= 15 is 0 Å². The van der Waals surface area contributed by atoms with Crippen LogP contribution in [0.5, 0.6) is 0 Å². The van der Waals surface area contributed by atoms with E-state index < -0.39 is 28.4 Å². The van der Waals surface area contributed by atoms with Gasteiger partial charge in [-0.25, -0.2) is 13.2 Å². The Morgan fingerprint density at radius 1 is 1.05 bits per heavy atom. The van der Waals surface area contributed by atoms with E-state index in [0.717, 1.165) is 23.3 Å². The number of allylic oxidation sites excluding steroid dienone is 1. The first-order valence-corrected chi connectivity index (χ1v) is 12.0. The number of nitrogens with zero attached hydrogens (tertiary/aromatic N) is 3. The van der Waals surface area contributed by atoms with Crippen LogP contribution in [0.2, 0.25) is 0 Å². The Hall–Kier alpha value is -4.47. The van der Waals surface area contributed by atoms with Crippen molar-refractivity contribution < 1.29 is 18.0 Å². The molecule has 0 unspecified atom stereocenters. The monoisotopic (exact) mass is 518 g/mol. The maximum absolute atomic E-state index is 14.5. The van der Waals surface area contributed by atoms with Gasteiger partial charge in [-0.05, 0) is 61.4 Å². The molecule has 0 saturated heterocycles. The molecule has 0 aliphatic carbocycles. The molecule has 2 aromatic carbocycles. The van der Waals surface area contributed by atoms with Gasteiger partial charge in [-0.1, -0.05) is 6.07 Å². The molecule has 1 aliphatic heterocycles. The summed E-state index contributed by atoms with van der Waals surface area (Å²) in [6.07, 6.45) is 3.39. The molecule has 7 nitrogen and oxygen atoms in total. The summed E-state index contributed by atoms with van der Waals surface area (Å²) in [7, 11) is 0. The molecule has 0 radical (unpaired) electrons. The van der Waals surface area contributed by atoms with Crippen LogP contribution in [0.15, 0.2) is 66.1 Å². The molecule has 38 heavy (non-hydrogen) atoms. The van der Waals surface area contributed by atoms with E-state index in [1.54, 1.807) is 30.9 Å². The minimum Gasteiger partial charge on any atom is -0.384 e. The van der Waals surface area contributed by atoms with Gasteiger partial charge in [0.15, 0.2) is 11.6 Å². The minimum absolute atomic E-state index is 0.187. The van der Waals surface area contributed by atoms with Gasteiger partial charge in [0.2, 0.25) is 5.91 Å². The van der Waals surface area contributed by atoms with Gasteiger partial charge in [0.25, 0.3) is 0 Å². The van der Waals surface area contributed by atoms with E-state index in [2.05, 4.69) is 15.4 Å². The van der Waals surface area contributed by atoms with E-state index in [-0.39, 0.29) is 18.2 Å². The number of hydrogen-bond acceptors (Lipinski definition) is 4. The molecule has 0 saturated carbocycles. The highest BCUT2D eigenvalue weighted by Crippen LogP contribution is 2.36. The molecule has 4 aromatic rings. The highest BCUT2D eigenvalue weighted by Gasteiger charge is 2.41. The van der Waals surface area contributed by atoms with E-state index in [0.29, 0.717) is 40.8 Å². The normalized spacial score (nSPS) is 14.8. The van der Waals surface area contributed by atoms with Crippen molar-refractivity contribution >= 4 is 22.6 Å². The first-order valence-electron chi connectivity index (χ1n) is 12.0. The summed E-state index contributed by atoms with van der Waals surface area (Å²) in [5.74, 6) is -3.67. The second-order valence-corrected chi connectivity index (χ2v) is 9.73. The zero-order chi connectivity index (χ0) is 27.2. The van der Waals surface area contributed by atoms with Gasteiger partial charge in [-0.15, -0.1) is 0 Å². The summed E-state index contributed by atoms with van der Waals surface area (Å²) in [6.45, 7) is 3.70. The molecule has 194 valence electrons. The first kappa shape index (κ1) is 25.2. The smallest absolute Gasteiger partial charge is 0.234 e. The second kappa shape index (κ2) is 9.44. The van der Waals surface area contributed by atoms with Crippen LogP contribution in [0.4, 0.5) is 13.2 Å². The Kier molecular flexibility index (Phi) is 6.26. The van der Waals surface area contributed by atoms with Crippen LogP contribution in [0.1, 0.15) is 31.5 Å². The molecule has 0 atom stereocenters. The lowest BCUT2D eigenvalue weighted by molar-refractivity contribution is -0.125. The first-order chi connectivity index (χ1) is 18.1. The number of rotatable bonds is 7. The van der Waals surface area contributed by atoms with Crippen LogP contribution in [-0.2, 0) is 17.8 Å². The standard InChI is InChI=1S/C28H25F3N6O/c1-28(2)24(26(32)33)21(35-27(28)38)9-12-37-23-6-3-16(15-7-10-34-11-8-15)13-18(23)22(36-37)14-17-19(29)4-5-20(30)25(17)31/h3-8,10-11,13H,9,12,14H2,1-2H3,(H3,32,33)(H,35,38). The summed E-state index contributed by atoms with van der Waals surface area (Å²) in [5, 5.41) is 16.1. The van der Waals surface area contributed by atoms with E-state index in [1.807, 2.05) is 30.3 Å². The van der Waals surface area contributed by atoms with Crippen molar-refractivity contribution in [3.8, 4) is 11.1 Å². The van der Waals surface area contributed by atoms with Crippen LogP contribution in [0, 0.1) is 28.3 Å². The SMILES string of the molecule is CC1(C)C(=O)NC(CCn2nc(Cc3c(F)ccc(F)c3F)c3cc(-c4ccncc4)ccc32)=C1C(=N)N. The van der Waals surface area contributed by atoms with Crippen LogP contribution < -0.4 is 11.1 Å². The van der Waals surface area contributed by atoms with Gasteiger partial charge in [-0.2, -0.15) is 5.10 Å². The highest BCUT2D eigenvalue weighted by molar-refractivity contribution is 6.07. The number of halogens is 3. The molecule has 1 amide bonds. The lowest BCUT2D eigenvalue weighted by atomic mass is 9.84. The summed E-state index contributed by atoms with van der Waals surface area (Å²) >= 11 is 0. The van der Waals surface area contributed by atoms with Crippen LogP contribution in [0.3, 0.4) is 0 Å². The van der Waals surface area contributed by atoms with Gasteiger partial charge in [0.1, 0.15) is 11.7 Å². The number of carbonyl (C=O) groups excluding carboxylic acids is 1. The number of amides is 1. The fourth-order valence-electron chi connectivity index (χ4n) is 4.92. The average Bonchev–Trinajstić information content (AvgIpc) is 3.35. The fraction of sp³-hybridized carbons (Fsp3) is 0.214. The predicted molar refractivity (Wildman–Crippen MR) is 138 cm³/mol. The lowest BCUT2D eigenvalue weighted by Crippen LogP contribution is -2.32. The molecule has 10 heteroatoms. The number of hydrogen-bond donors (Lipinski definition) is 3. The van der Waals surface area contributed by atoms with Crippen molar-refractivity contribution in [2.24, 2.45) is 11.1 Å². The van der Waals surface area contributed by atoms with Crippen molar-refractivity contribution in [1.82, 2.24) is 20.1 Å². The number of aryl methyl sites for hydroxylation is 1. The molecular weight excluding hydrogens is 493 g/mol. The minimum atomic E-state index is -1.25. The van der Waals surface area contributed by atoms with E-state index in [4.69, 9.17) is 11.1 Å². The quantitative estimate of drug-likeness (QED) is 0.185. The summed E-state index contributed by atoms with van der Waals surface area (Å²) in [5.41, 5.74) is 8.24. The lowest BCUT2D eigenvalue weighted by Gasteiger charge is -2.18. The summed E-state index contributed by atoms with van der Waals surface area (Å²) in [6, 6.07) is 11.0. The molecule has 5 rings (SSSR count). The van der Waals surface area contributed by atoms with Crippen molar-refractivity contribution in [3.05, 3.63) is 94.8 Å². The molecular formula is C28H25F3N6O. The number of benzene rings is 2. The molecule has 2 aromatic heterocycles. The Morgan fingerprint density at radius 2 is 1.76 bits per heavy atom. The molecule has 3 heterocycles. The maximum Gasteiger partial charge on any atom is 0.234 e. The fourth-order valence-corrected chi connectivity index (χ4v) is 4.92. The van der Waals surface area contributed by atoms with Crippen molar-refractivity contribution in [2.75, 3.05) is 0 Å². The Morgan fingerprint density at radius 3 is 2.47 bits per heavy atom. The number of amidine groups is 1. The highest BCUT2D eigenvalue weighted by atomic mass is 19.2. The van der Waals surface area contributed by atoms with Gasteiger partial charge in [0.05, 0.1) is 16.6 Å². The maximum atomic E-state index is 14.5. The molecule has 4 N–H and O–H groups in total. The Balaban J connectivity index is 1.58. The van der Waals surface area contributed by atoms with Crippen LogP contribution in [-0.4, -0.2) is 26.5 Å². The van der Waals surface area contributed by atoms with Gasteiger partial charge < -0.3 is 11.1 Å². The van der Waals surface area contributed by atoms with E-state index in [9.17, 15) is 18.0 Å². The second-order valence-electron chi connectivity index (χ2n) is 9.73. The molecule has 1 aliphatic rings. The molecule has 0 spiro atoms. The van der Waals surface area contributed by atoms with E-state index in [1.165, 1.54) is 0 Å². The van der Waals surface area contributed by atoms with Crippen molar-refractivity contribution in [2.45, 2.75) is 33.2 Å². The Bertz CT molecular complexity index is 1620. The largest absolute Gasteiger partial charge is 0.384 e. The Labute approximate surface area is 216 Å². The number of carbonyl (C=O) groups is 1. The number of nitrogens with two attached hydrogens (primary N) is 1. The summed E-state index contributed by atoms with van der Waals surface area (Å²) in [4.78, 5) is 16.5. The third-order valence-corrected chi connectivity index (χ3v) is 6.93. The number of aromatic nitrogens is 3. The topological polar surface area (TPSA) is 110 Å². The predicted octanol–water partition coefficient (Wildman–Crippen LogP) is 4.84. The number of fused-ring (bicyclic) bond motifs is 1. The molecule has 0 fully saturated rings. The van der Waals surface area contributed by atoms with Crippen molar-refractivity contribution in [1.29, 1.82) is 5.41 Å². The van der Waals surface area contributed by atoms with Gasteiger partial charge in [0, 0.05) is 54.0 Å². The third kappa shape index (κ3) is 4.31. The molecule has 0 bridgehead atoms. The van der Waals surface area contributed by atoms with Crippen LogP contribution >= 0.6 is 0 Å². The van der Waals surface area contributed by atoms with Gasteiger partial charge >= 0.3 is 0 Å². The zero-order valence-corrected chi connectivity index (χ0v) is 20.8. The van der Waals surface area contributed by atoms with Crippen molar-refractivity contribution in [3.63, 3.8) is 0 Å².